The Hall–Kier alpha value is -1.91. The number of Topliss-reactive ketones (excluding diaryl/α,β-unsaturated/α-hetero) is 1. The zero-order valence-electron chi connectivity index (χ0n) is 13.2. The van der Waals surface area contributed by atoms with Crippen molar-refractivity contribution in [2.24, 2.45) is 5.41 Å². The summed E-state index contributed by atoms with van der Waals surface area (Å²) in [6, 6.07) is 2.03. The number of hydrogen-bond acceptors (Lipinski definition) is 3. The molecule has 0 unspecified atom stereocenters. The lowest BCUT2D eigenvalue weighted by Crippen LogP contribution is -2.28. The number of aromatic nitrogens is 4. The van der Waals surface area contributed by atoms with Gasteiger partial charge in [0.2, 0.25) is 0 Å². The molecular weight excluding hydrogens is 264 g/mol. The molecule has 1 aliphatic carbocycles. The van der Waals surface area contributed by atoms with Gasteiger partial charge in [0.15, 0.2) is 11.6 Å². The maximum absolute atomic E-state index is 12.3. The number of rotatable bonds is 3. The molecule has 2 heterocycles. The van der Waals surface area contributed by atoms with Gasteiger partial charge in [0, 0.05) is 29.9 Å². The number of nitrogens with zero attached hydrogens (tertiary/aromatic N) is 4. The lowest BCUT2D eigenvalue weighted by molar-refractivity contribution is 0.0910. The van der Waals surface area contributed by atoms with Crippen molar-refractivity contribution in [1.29, 1.82) is 0 Å². The van der Waals surface area contributed by atoms with Gasteiger partial charge in [-0.3, -0.25) is 4.79 Å². The molecule has 0 N–H and O–H groups in total. The summed E-state index contributed by atoms with van der Waals surface area (Å²) in [4.78, 5) is 12.3. The first kappa shape index (κ1) is 14.0. The van der Waals surface area contributed by atoms with Crippen molar-refractivity contribution in [2.75, 3.05) is 0 Å². The van der Waals surface area contributed by atoms with Gasteiger partial charge in [-0.05, 0) is 31.7 Å². The summed E-state index contributed by atoms with van der Waals surface area (Å²) in [7, 11) is 0. The first-order chi connectivity index (χ1) is 9.91. The molecule has 21 heavy (non-hydrogen) atoms. The average molecular weight is 286 g/mol. The third kappa shape index (κ3) is 2.41. The summed E-state index contributed by atoms with van der Waals surface area (Å²) in [6.07, 6.45) is 3.33. The van der Waals surface area contributed by atoms with Crippen molar-refractivity contribution < 1.29 is 4.79 Å². The summed E-state index contributed by atoms with van der Waals surface area (Å²) >= 11 is 0. The van der Waals surface area contributed by atoms with Gasteiger partial charge >= 0.3 is 0 Å². The number of carbonyl (C=O) groups excluding carboxylic acids is 1. The van der Waals surface area contributed by atoms with Crippen LogP contribution in [-0.2, 0) is 19.5 Å². The molecule has 0 spiro atoms. The highest BCUT2D eigenvalue weighted by Crippen LogP contribution is 2.36. The van der Waals surface area contributed by atoms with Gasteiger partial charge in [-0.15, -0.1) is 10.2 Å². The van der Waals surface area contributed by atoms with Crippen LogP contribution in [0.4, 0.5) is 0 Å². The van der Waals surface area contributed by atoms with E-state index in [0.29, 0.717) is 13.0 Å². The number of carbonyl (C=O) groups is 1. The van der Waals surface area contributed by atoms with E-state index in [-0.39, 0.29) is 11.2 Å². The number of fused-ring (bicyclic) bond motifs is 1. The van der Waals surface area contributed by atoms with Crippen LogP contribution >= 0.6 is 0 Å². The van der Waals surface area contributed by atoms with Crippen molar-refractivity contribution in [1.82, 2.24) is 19.3 Å². The molecule has 5 nitrogen and oxygen atoms in total. The minimum atomic E-state index is 0.0328. The molecule has 0 bridgehead atoms. The van der Waals surface area contributed by atoms with Gasteiger partial charge < -0.3 is 9.13 Å². The Bertz CT molecular complexity index is 693. The SMILES string of the molecule is CCn1cnnc1Cn1c(C)cc2c1CC(C)(C)CC2=O. The lowest BCUT2D eigenvalue weighted by Gasteiger charge is -2.29. The first-order valence-electron chi connectivity index (χ1n) is 7.50. The molecule has 2 aromatic rings. The fraction of sp³-hybridized carbons (Fsp3) is 0.562. The normalized spacial score (nSPS) is 17.0. The molecule has 112 valence electrons. The largest absolute Gasteiger partial charge is 0.341 e. The fourth-order valence-electron chi connectivity index (χ4n) is 3.23. The van der Waals surface area contributed by atoms with E-state index < -0.39 is 0 Å². The minimum Gasteiger partial charge on any atom is -0.341 e. The van der Waals surface area contributed by atoms with Gasteiger partial charge in [-0.25, -0.2) is 0 Å². The summed E-state index contributed by atoms with van der Waals surface area (Å²) in [5, 5.41) is 8.21. The molecule has 0 radical (unpaired) electrons. The van der Waals surface area contributed by atoms with Crippen molar-refractivity contribution >= 4 is 5.78 Å². The van der Waals surface area contributed by atoms with Gasteiger partial charge in [0.05, 0.1) is 6.54 Å². The van der Waals surface area contributed by atoms with E-state index in [1.807, 2.05) is 10.6 Å². The van der Waals surface area contributed by atoms with Crippen LogP contribution in [0.3, 0.4) is 0 Å². The van der Waals surface area contributed by atoms with Crippen LogP contribution in [0.5, 0.6) is 0 Å². The number of ketones is 1. The van der Waals surface area contributed by atoms with Crippen molar-refractivity contribution in [3.63, 3.8) is 0 Å². The molecule has 0 aliphatic heterocycles. The Morgan fingerprint density at radius 3 is 2.81 bits per heavy atom. The second kappa shape index (κ2) is 4.83. The topological polar surface area (TPSA) is 52.7 Å². The van der Waals surface area contributed by atoms with Crippen LogP contribution in [-0.4, -0.2) is 25.1 Å². The number of hydrogen-bond donors (Lipinski definition) is 0. The second-order valence-corrected chi connectivity index (χ2v) is 6.71. The fourth-order valence-corrected chi connectivity index (χ4v) is 3.23. The lowest BCUT2D eigenvalue weighted by atomic mass is 9.76. The highest BCUT2D eigenvalue weighted by molar-refractivity contribution is 5.99. The van der Waals surface area contributed by atoms with Crippen LogP contribution in [0.25, 0.3) is 0 Å². The molecule has 0 atom stereocenters. The molecule has 5 heteroatoms. The molecule has 0 saturated carbocycles. The highest BCUT2D eigenvalue weighted by atomic mass is 16.1. The van der Waals surface area contributed by atoms with Crippen LogP contribution < -0.4 is 0 Å². The van der Waals surface area contributed by atoms with Crippen LogP contribution in [0, 0.1) is 12.3 Å². The Kier molecular flexibility index (Phi) is 3.23. The van der Waals surface area contributed by atoms with E-state index in [0.717, 1.165) is 35.7 Å². The Morgan fingerprint density at radius 1 is 1.33 bits per heavy atom. The third-order valence-corrected chi connectivity index (χ3v) is 4.34. The zero-order valence-corrected chi connectivity index (χ0v) is 13.2. The Labute approximate surface area is 125 Å². The van der Waals surface area contributed by atoms with E-state index in [1.54, 1.807) is 6.33 Å². The molecule has 0 aromatic carbocycles. The van der Waals surface area contributed by atoms with E-state index >= 15 is 0 Å². The molecule has 3 rings (SSSR count). The molecule has 0 amide bonds. The van der Waals surface area contributed by atoms with Crippen LogP contribution in [0.15, 0.2) is 12.4 Å². The quantitative estimate of drug-likeness (QED) is 0.871. The third-order valence-electron chi connectivity index (χ3n) is 4.34. The molecular formula is C16H22N4O. The average Bonchev–Trinajstić information content (AvgIpc) is 2.96. The maximum atomic E-state index is 12.3. The highest BCUT2D eigenvalue weighted by Gasteiger charge is 2.34. The zero-order chi connectivity index (χ0) is 15.2. The van der Waals surface area contributed by atoms with E-state index in [2.05, 4.69) is 42.5 Å². The smallest absolute Gasteiger partial charge is 0.165 e. The van der Waals surface area contributed by atoms with Gasteiger partial charge in [-0.1, -0.05) is 13.8 Å². The summed E-state index contributed by atoms with van der Waals surface area (Å²) in [5.41, 5.74) is 3.20. The Morgan fingerprint density at radius 2 is 2.10 bits per heavy atom. The van der Waals surface area contributed by atoms with Crippen molar-refractivity contribution in [3.8, 4) is 0 Å². The monoisotopic (exact) mass is 286 g/mol. The van der Waals surface area contributed by atoms with Gasteiger partial charge in [-0.2, -0.15) is 0 Å². The van der Waals surface area contributed by atoms with Gasteiger partial charge in [0.1, 0.15) is 6.33 Å². The van der Waals surface area contributed by atoms with Crippen LogP contribution in [0.2, 0.25) is 0 Å². The molecule has 0 saturated heterocycles. The Balaban J connectivity index is 2.03. The minimum absolute atomic E-state index is 0.0328. The summed E-state index contributed by atoms with van der Waals surface area (Å²) in [5.74, 6) is 1.20. The summed E-state index contributed by atoms with van der Waals surface area (Å²) in [6.45, 7) is 10.0. The van der Waals surface area contributed by atoms with Crippen LogP contribution in [0.1, 0.15) is 54.8 Å². The van der Waals surface area contributed by atoms with E-state index in [4.69, 9.17) is 0 Å². The van der Waals surface area contributed by atoms with Crippen molar-refractivity contribution in [2.45, 2.75) is 53.6 Å². The maximum Gasteiger partial charge on any atom is 0.165 e. The second-order valence-electron chi connectivity index (χ2n) is 6.71. The summed E-state index contributed by atoms with van der Waals surface area (Å²) < 4.78 is 4.27. The number of aryl methyl sites for hydroxylation is 2. The molecule has 2 aromatic heterocycles. The van der Waals surface area contributed by atoms with E-state index in [9.17, 15) is 4.79 Å². The van der Waals surface area contributed by atoms with E-state index in [1.165, 1.54) is 0 Å². The van der Waals surface area contributed by atoms with Gasteiger partial charge in [0.25, 0.3) is 0 Å². The van der Waals surface area contributed by atoms with Crippen molar-refractivity contribution in [3.05, 3.63) is 35.2 Å². The predicted molar refractivity (Wildman–Crippen MR) is 80.4 cm³/mol. The molecule has 0 fully saturated rings. The molecule has 1 aliphatic rings. The predicted octanol–water partition coefficient (Wildman–Crippen LogP) is 2.61. The first-order valence-corrected chi connectivity index (χ1v) is 7.50. The standard InChI is InChI=1S/C16H22N4O/c1-5-19-10-17-18-15(19)9-20-11(2)6-12-13(20)7-16(3,4)8-14(12)21/h6,10H,5,7-9H2,1-4H3.